The maximum atomic E-state index is 13.0. The molecule has 0 unspecified atom stereocenters. The first kappa shape index (κ1) is 18.1. The van der Waals surface area contributed by atoms with Gasteiger partial charge in [-0.25, -0.2) is 4.98 Å². The Hall–Kier alpha value is -2.71. The summed E-state index contributed by atoms with van der Waals surface area (Å²) in [5.41, 5.74) is 1.08. The molecule has 0 fully saturated rings. The van der Waals surface area contributed by atoms with Gasteiger partial charge in [-0.05, 0) is 36.8 Å². The highest BCUT2D eigenvalue weighted by Crippen LogP contribution is 2.25. The molecule has 26 heavy (non-hydrogen) atoms. The number of fused-ring (bicyclic) bond motifs is 1. The summed E-state index contributed by atoms with van der Waals surface area (Å²) < 4.78 is 6.61. The summed E-state index contributed by atoms with van der Waals surface area (Å²) in [6.45, 7) is 2.21. The molecule has 0 bridgehead atoms. The topological polar surface area (TPSA) is 84.1 Å². The van der Waals surface area contributed by atoms with Crippen molar-refractivity contribution >= 4 is 22.2 Å². The summed E-state index contributed by atoms with van der Waals surface area (Å²) in [5.74, 6) is 0.289. The molecular weight excluding hydrogens is 354 g/mol. The van der Waals surface area contributed by atoms with Gasteiger partial charge in [0.25, 0.3) is 11.5 Å². The van der Waals surface area contributed by atoms with E-state index in [9.17, 15) is 9.59 Å². The van der Waals surface area contributed by atoms with Crippen molar-refractivity contribution in [2.24, 2.45) is 0 Å². The zero-order valence-electron chi connectivity index (χ0n) is 14.5. The number of ether oxygens (including phenoxy) is 1. The molecular formula is C18H19N3O4S. The minimum atomic E-state index is -0.430. The first-order valence-electron chi connectivity index (χ1n) is 8.14. The molecule has 2 aromatic heterocycles. The fraction of sp³-hybridized carbons (Fsp3) is 0.278. The first-order chi connectivity index (χ1) is 12.6. The van der Waals surface area contributed by atoms with Crippen molar-refractivity contribution in [1.29, 1.82) is 0 Å². The number of hydrogen-bond donors (Lipinski definition) is 1. The van der Waals surface area contributed by atoms with Crippen LogP contribution in [0.2, 0.25) is 0 Å². The second-order valence-corrected chi connectivity index (χ2v) is 6.39. The predicted octanol–water partition coefficient (Wildman–Crippen LogP) is 1.89. The minimum Gasteiger partial charge on any atom is -0.497 e. The van der Waals surface area contributed by atoms with Crippen LogP contribution in [0.3, 0.4) is 0 Å². The maximum Gasteiger partial charge on any atom is 0.271 e. The number of hydrogen-bond acceptors (Lipinski definition) is 6. The van der Waals surface area contributed by atoms with Gasteiger partial charge in [0.05, 0.1) is 19.4 Å². The van der Waals surface area contributed by atoms with Crippen LogP contribution in [-0.4, -0.2) is 52.1 Å². The van der Waals surface area contributed by atoms with Gasteiger partial charge >= 0.3 is 0 Å². The molecule has 0 atom stereocenters. The number of benzene rings is 1. The molecule has 3 rings (SSSR count). The number of aliphatic hydroxyl groups is 1. The third-order valence-electron chi connectivity index (χ3n) is 4.10. The Morgan fingerprint density at radius 2 is 2.08 bits per heavy atom. The van der Waals surface area contributed by atoms with E-state index in [4.69, 9.17) is 9.84 Å². The third-order valence-corrected chi connectivity index (χ3v) is 4.94. The molecule has 0 aliphatic heterocycles. The van der Waals surface area contributed by atoms with Gasteiger partial charge in [-0.3, -0.25) is 14.0 Å². The number of amides is 1. The van der Waals surface area contributed by atoms with Gasteiger partial charge in [0.1, 0.15) is 11.3 Å². The lowest BCUT2D eigenvalue weighted by atomic mass is 10.1. The fourth-order valence-corrected chi connectivity index (χ4v) is 3.56. The van der Waals surface area contributed by atoms with E-state index in [0.29, 0.717) is 17.2 Å². The molecule has 136 valence electrons. The summed E-state index contributed by atoms with van der Waals surface area (Å²) in [5, 5.41) is 10.9. The standard InChI is InChI=1S/C18H19N3O4S/c1-3-20(8-9-22)16(23)14-10-19-18-21(17(14)24)15(11-26-18)12-4-6-13(25-2)7-5-12/h4-7,10-11,22H,3,8-9H2,1-2H3. The second kappa shape index (κ2) is 7.67. The quantitative estimate of drug-likeness (QED) is 0.713. The number of carbonyl (C=O) groups is 1. The van der Waals surface area contributed by atoms with Crippen LogP contribution in [0, 0.1) is 0 Å². The molecule has 7 nitrogen and oxygen atoms in total. The molecule has 2 heterocycles. The summed E-state index contributed by atoms with van der Waals surface area (Å²) in [4.78, 5) is 31.8. The van der Waals surface area contributed by atoms with Crippen LogP contribution in [0.4, 0.5) is 0 Å². The smallest absolute Gasteiger partial charge is 0.271 e. The number of aliphatic hydroxyl groups excluding tert-OH is 1. The Labute approximate surface area is 154 Å². The summed E-state index contributed by atoms with van der Waals surface area (Å²) in [6.07, 6.45) is 1.31. The maximum absolute atomic E-state index is 13.0. The Morgan fingerprint density at radius 3 is 2.69 bits per heavy atom. The highest BCUT2D eigenvalue weighted by molar-refractivity contribution is 7.15. The van der Waals surface area contributed by atoms with E-state index >= 15 is 0 Å². The number of likely N-dealkylation sites (N-methyl/N-ethyl adjacent to an activating group) is 1. The van der Waals surface area contributed by atoms with Gasteiger partial charge in [0.2, 0.25) is 0 Å². The zero-order valence-corrected chi connectivity index (χ0v) is 15.3. The molecule has 0 saturated carbocycles. The number of methoxy groups -OCH3 is 1. The number of carbonyl (C=O) groups excluding carboxylic acids is 1. The number of thiazole rings is 1. The molecule has 3 aromatic rings. The van der Waals surface area contributed by atoms with Crippen molar-refractivity contribution < 1.29 is 14.6 Å². The van der Waals surface area contributed by atoms with Gasteiger partial charge in [-0.2, -0.15) is 0 Å². The average molecular weight is 373 g/mol. The van der Waals surface area contributed by atoms with Crippen molar-refractivity contribution in [3.8, 4) is 17.0 Å². The molecule has 1 aromatic carbocycles. The molecule has 0 aliphatic rings. The Kier molecular flexibility index (Phi) is 5.34. The fourth-order valence-electron chi connectivity index (χ4n) is 2.70. The molecule has 0 aliphatic carbocycles. The van der Waals surface area contributed by atoms with Crippen LogP contribution in [0.5, 0.6) is 5.75 Å². The van der Waals surface area contributed by atoms with Crippen molar-refractivity contribution in [3.63, 3.8) is 0 Å². The van der Waals surface area contributed by atoms with E-state index in [1.807, 2.05) is 29.6 Å². The van der Waals surface area contributed by atoms with E-state index in [1.165, 1.54) is 26.8 Å². The Balaban J connectivity index is 2.10. The van der Waals surface area contributed by atoms with E-state index in [2.05, 4.69) is 4.98 Å². The van der Waals surface area contributed by atoms with Gasteiger partial charge in [0, 0.05) is 24.7 Å². The van der Waals surface area contributed by atoms with E-state index in [-0.39, 0.29) is 18.7 Å². The zero-order chi connectivity index (χ0) is 18.7. The highest BCUT2D eigenvalue weighted by Gasteiger charge is 2.21. The minimum absolute atomic E-state index is 0.00837. The second-order valence-electron chi connectivity index (χ2n) is 5.55. The van der Waals surface area contributed by atoms with E-state index < -0.39 is 11.5 Å². The van der Waals surface area contributed by atoms with Gasteiger partial charge in [0.15, 0.2) is 4.96 Å². The molecule has 1 N–H and O–H groups in total. The normalized spacial score (nSPS) is 10.9. The highest BCUT2D eigenvalue weighted by atomic mass is 32.1. The monoisotopic (exact) mass is 373 g/mol. The van der Waals surface area contributed by atoms with Crippen LogP contribution < -0.4 is 10.3 Å². The molecule has 0 spiro atoms. The molecule has 0 saturated heterocycles. The van der Waals surface area contributed by atoms with Gasteiger partial charge < -0.3 is 14.7 Å². The number of aromatic nitrogens is 2. The van der Waals surface area contributed by atoms with Gasteiger partial charge in [-0.15, -0.1) is 11.3 Å². The Bertz CT molecular complexity index is 978. The predicted molar refractivity (Wildman–Crippen MR) is 100.0 cm³/mol. The van der Waals surface area contributed by atoms with Crippen LogP contribution in [-0.2, 0) is 0 Å². The van der Waals surface area contributed by atoms with Gasteiger partial charge in [-0.1, -0.05) is 0 Å². The Morgan fingerprint density at radius 1 is 1.35 bits per heavy atom. The lowest BCUT2D eigenvalue weighted by molar-refractivity contribution is 0.0729. The summed E-state index contributed by atoms with van der Waals surface area (Å²) in [6, 6.07) is 7.33. The van der Waals surface area contributed by atoms with E-state index in [0.717, 1.165) is 11.3 Å². The summed E-state index contributed by atoms with van der Waals surface area (Å²) >= 11 is 1.33. The van der Waals surface area contributed by atoms with Crippen molar-refractivity contribution in [1.82, 2.24) is 14.3 Å². The molecule has 8 heteroatoms. The summed E-state index contributed by atoms with van der Waals surface area (Å²) in [7, 11) is 1.59. The average Bonchev–Trinajstić information content (AvgIpc) is 3.11. The van der Waals surface area contributed by atoms with Crippen molar-refractivity contribution in [3.05, 3.63) is 51.8 Å². The van der Waals surface area contributed by atoms with Crippen LogP contribution in [0.25, 0.3) is 16.2 Å². The van der Waals surface area contributed by atoms with Crippen LogP contribution in [0.1, 0.15) is 17.3 Å². The van der Waals surface area contributed by atoms with Crippen molar-refractivity contribution in [2.75, 3.05) is 26.8 Å². The lowest BCUT2D eigenvalue weighted by Crippen LogP contribution is -2.37. The lowest BCUT2D eigenvalue weighted by Gasteiger charge is -2.19. The largest absolute Gasteiger partial charge is 0.497 e. The van der Waals surface area contributed by atoms with Crippen LogP contribution >= 0.6 is 11.3 Å². The van der Waals surface area contributed by atoms with Crippen LogP contribution in [0.15, 0.2) is 40.6 Å². The molecule has 1 amide bonds. The first-order valence-corrected chi connectivity index (χ1v) is 9.02. The molecule has 0 radical (unpaired) electrons. The van der Waals surface area contributed by atoms with E-state index in [1.54, 1.807) is 14.0 Å². The van der Waals surface area contributed by atoms with Crippen molar-refractivity contribution in [2.45, 2.75) is 6.92 Å². The number of nitrogens with zero attached hydrogens (tertiary/aromatic N) is 3. The SMILES string of the molecule is CCN(CCO)C(=O)c1cnc2scc(-c3ccc(OC)cc3)n2c1=O. The number of rotatable bonds is 6. The third kappa shape index (κ3) is 3.21.